The Bertz CT molecular complexity index is 258. The quantitative estimate of drug-likeness (QED) is 0.735. The van der Waals surface area contributed by atoms with Crippen LogP contribution in [0.5, 0.6) is 0 Å². The largest absolute Gasteiger partial charge is 0.354 e. The number of amides is 1. The molecule has 112 valence electrons. The third kappa shape index (κ3) is 5.11. The summed E-state index contributed by atoms with van der Waals surface area (Å²) >= 11 is 0. The molecule has 1 aliphatic heterocycles. The van der Waals surface area contributed by atoms with Crippen molar-refractivity contribution in [2.24, 2.45) is 11.8 Å². The van der Waals surface area contributed by atoms with Gasteiger partial charge >= 0.3 is 0 Å². The van der Waals surface area contributed by atoms with Crippen molar-refractivity contribution >= 4 is 5.91 Å². The molecule has 0 aliphatic carbocycles. The summed E-state index contributed by atoms with van der Waals surface area (Å²) in [6.45, 7) is 7.13. The Labute approximate surface area is 118 Å². The molecule has 1 aliphatic rings. The molecule has 0 radical (unpaired) electrons. The number of rotatable bonds is 7. The Morgan fingerprint density at radius 1 is 1.37 bits per heavy atom. The Morgan fingerprint density at radius 3 is 2.53 bits per heavy atom. The molecule has 4 heteroatoms. The Kier molecular flexibility index (Phi) is 7.39. The predicted molar refractivity (Wildman–Crippen MR) is 80.2 cm³/mol. The van der Waals surface area contributed by atoms with Gasteiger partial charge in [-0.05, 0) is 39.4 Å². The summed E-state index contributed by atoms with van der Waals surface area (Å²) in [5.74, 6) is 1.04. The zero-order valence-electron chi connectivity index (χ0n) is 13.0. The van der Waals surface area contributed by atoms with Crippen molar-refractivity contribution in [2.75, 3.05) is 33.7 Å². The zero-order valence-corrected chi connectivity index (χ0v) is 13.0. The van der Waals surface area contributed by atoms with Crippen LogP contribution in [0.1, 0.15) is 39.5 Å². The van der Waals surface area contributed by atoms with Crippen LogP contribution in [0.25, 0.3) is 0 Å². The van der Waals surface area contributed by atoms with E-state index in [1.165, 1.54) is 12.8 Å². The standard InChI is InChI=1S/C15H31N3O/c1-5-12(6-2)14(18(3)4)11-17-15(19)13-8-7-9-16-10-13/h12-14,16H,5-11H2,1-4H3,(H,17,19)/t13-,14?/m1/s1. The summed E-state index contributed by atoms with van der Waals surface area (Å²) in [6.07, 6.45) is 4.47. The summed E-state index contributed by atoms with van der Waals surface area (Å²) in [5.41, 5.74) is 0. The van der Waals surface area contributed by atoms with Crippen LogP contribution in [0.3, 0.4) is 0 Å². The highest BCUT2D eigenvalue weighted by molar-refractivity contribution is 5.79. The minimum Gasteiger partial charge on any atom is -0.354 e. The number of carbonyl (C=O) groups is 1. The fourth-order valence-electron chi connectivity index (χ4n) is 3.03. The lowest BCUT2D eigenvalue weighted by Crippen LogP contribution is -2.48. The van der Waals surface area contributed by atoms with E-state index in [9.17, 15) is 4.79 Å². The van der Waals surface area contributed by atoms with Crippen molar-refractivity contribution in [3.05, 3.63) is 0 Å². The van der Waals surface area contributed by atoms with E-state index in [0.29, 0.717) is 12.0 Å². The molecule has 1 rings (SSSR count). The average Bonchev–Trinajstić information content (AvgIpc) is 2.43. The van der Waals surface area contributed by atoms with Crippen molar-refractivity contribution in [2.45, 2.75) is 45.6 Å². The molecule has 0 aromatic carbocycles. The molecule has 1 saturated heterocycles. The minimum atomic E-state index is 0.165. The smallest absolute Gasteiger partial charge is 0.224 e. The fourth-order valence-corrected chi connectivity index (χ4v) is 3.03. The van der Waals surface area contributed by atoms with E-state index in [1.807, 2.05) is 0 Å². The van der Waals surface area contributed by atoms with Crippen molar-refractivity contribution in [3.63, 3.8) is 0 Å². The molecule has 0 saturated carbocycles. The monoisotopic (exact) mass is 269 g/mol. The lowest BCUT2D eigenvalue weighted by molar-refractivity contribution is -0.125. The van der Waals surface area contributed by atoms with Crippen molar-refractivity contribution < 1.29 is 4.79 Å². The molecule has 0 aromatic heterocycles. The van der Waals surface area contributed by atoms with Crippen molar-refractivity contribution in [1.29, 1.82) is 0 Å². The van der Waals surface area contributed by atoms with E-state index in [4.69, 9.17) is 0 Å². The average molecular weight is 269 g/mol. The maximum atomic E-state index is 12.2. The second kappa shape index (κ2) is 8.54. The molecule has 1 heterocycles. The van der Waals surface area contributed by atoms with Crippen molar-refractivity contribution in [1.82, 2.24) is 15.5 Å². The van der Waals surface area contributed by atoms with Crippen molar-refractivity contribution in [3.8, 4) is 0 Å². The first kappa shape index (κ1) is 16.4. The summed E-state index contributed by atoms with van der Waals surface area (Å²) in [5, 5.41) is 6.46. The van der Waals surface area contributed by atoms with Gasteiger partial charge in [0.15, 0.2) is 0 Å². The molecule has 19 heavy (non-hydrogen) atoms. The third-order valence-electron chi connectivity index (χ3n) is 4.41. The van der Waals surface area contributed by atoms with E-state index in [0.717, 1.165) is 32.5 Å². The van der Waals surface area contributed by atoms with Crippen LogP contribution in [0.15, 0.2) is 0 Å². The number of hydrogen-bond donors (Lipinski definition) is 2. The van der Waals surface area contributed by atoms with E-state index >= 15 is 0 Å². The highest BCUT2D eigenvalue weighted by Gasteiger charge is 2.24. The van der Waals surface area contributed by atoms with Gasteiger partial charge in [0.05, 0.1) is 5.92 Å². The van der Waals surface area contributed by atoms with E-state index in [2.05, 4.69) is 43.5 Å². The number of piperidine rings is 1. The molecule has 1 amide bonds. The molecule has 0 bridgehead atoms. The zero-order chi connectivity index (χ0) is 14.3. The lowest BCUT2D eigenvalue weighted by Gasteiger charge is -2.32. The summed E-state index contributed by atoms with van der Waals surface area (Å²) in [4.78, 5) is 14.4. The summed E-state index contributed by atoms with van der Waals surface area (Å²) in [6, 6.07) is 0.440. The molecule has 4 nitrogen and oxygen atoms in total. The third-order valence-corrected chi connectivity index (χ3v) is 4.41. The second-order valence-corrected chi connectivity index (χ2v) is 5.90. The van der Waals surface area contributed by atoms with Gasteiger partial charge in [-0.1, -0.05) is 26.7 Å². The Balaban J connectivity index is 2.44. The normalized spacial score (nSPS) is 21.7. The van der Waals surface area contributed by atoms with Crippen LogP contribution in [0.4, 0.5) is 0 Å². The van der Waals surface area contributed by atoms with Gasteiger partial charge in [0.1, 0.15) is 0 Å². The molecule has 2 N–H and O–H groups in total. The van der Waals surface area contributed by atoms with Crippen LogP contribution in [0.2, 0.25) is 0 Å². The Hall–Kier alpha value is -0.610. The number of hydrogen-bond acceptors (Lipinski definition) is 3. The van der Waals surface area contributed by atoms with Gasteiger partial charge in [-0.15, -0.1) is 0 Å². The number of likely N-dealkylation sites (N-methyl/N-ethyl adjacent to an activating group) is 1. The maximum absolute atomic E-state index is 12.2. The van der Waals surface area contributed by atoms with E-state index in [1.54, 1.807) is 0 Å². The molecule has 1 fully saturated rings. The summed E-state index contributed by atoms with van der Waals surface area (Å²) < 4.78 is 0. The van der Waals surface area contributed by atoms with Crippen LogP contribution in [0, 0.1) is 11.8 Å². The molecule has 1 unspecified atom stereocenters. The number of nitrogens with zero attached hydrogens (tertiary/aromatic N) is 1. The van der Waals surface area contributed by atoms with Gasteiger partial charge in [0.25, 0.3) is 0 Å². The van der Waals surface area contributed by atoms with Gasteiger partial charge in [0.2, 0.25) is 5.91 Å². The van der Waals surface area contributed by atoms with E-state index < -0.39 is 0 Å². The first-order chi connectivity index (χ1) is 9.10. The van der Waals surface area contributed by atoms with Gasteiger partial charge in [-0.2, -0.15) is 0 Å². The van der Waals surface area contributed by atoms with Crippen LogP contribution >= 0.6 is 0 Å². The van der Waals surface area contributed by atoms with Crippen LogP contribution < -0.4 is 10.6 Å². The SMILES string of the molecule is CCC(CC)C(CNC(=O)[C@@H]1CCCNC1)N(C)C. The Morgan fingerprint density at radius 2 is 2.05 bits per heavy atom. The lowest BCUT2D eigenvalue weighted by atomic mass is 9.92. The fraction of sp³-hybridized carbons (Fsp3) is 0.933. The van der Waals surface area contributed by atoms with Crippen LogP contribution in [-0.2, 0) is 4.79 Å². The molecular weight excluding hydrogens is 238 g/mol. The van der Waals surface area contributed by atoms with Gasteiger partial charge in [0, 0.05) is 19.1 Å². The predicted octanol–water partition coefficient (Wildman–Crippen LogP) is 1.47. The number of nitrogens with one attached hydrogen (secondary N) is 2. The highest BCUT2D eigenvalue weighted by atomic mass is 16.1. The first-order valence-electron chi connectivity index (χ1n) is 7.74. The first-order valence-corrected chi connectivity index (χ1v) is 7.74. The second-order valence-electron chi connectivity index (χ2n) is 5.90. The van der Waals surface area contributed by atoms with E-state index in [-0.39, 0.29) is 11.8 Å². The summed E-state index contributed by atoms with van der Waals surface area (Å²) in [7, 11) is 4.22. The van der Waals surface area contributed by atoms with Crippen LogP contribution in [-0.4, -0.2) is 50.6 Å². The van der Waals surface area contributed by atoms with Gasteiger partial charge in [-0.25, -0.2) is 0 Å². The molecular formula is C15H31N3O. The molecule has 0 spiro atoms. The topological polar surface area (TPSA) is 44.4 Å². The number of carbonyl (C=O) groups excluding carboxylic acids is 1. The maximum Gasteiger partial charge on any atom is 0.224 e. The minimum absolute atomic E-state index is 0.165. The highest BCUT2D eigenvalue weighted by Crippen LogP contribution is 2.17. The van der Waals surface area contributed by atoms with Gasteiger partial charge < -0.3 is 15.5 Å². The van der Waals surface area contributed by atoms with Gasteiger partial charge in [-0.3, -0.25) is 4.79 Å². The molecule has 0 aromatic rings. The molecule has 2 atom stereocenters.